The Bertz CT molecular complexity index is 769. The number of hydrogen-bond acceptors (Lipinski definition) is 4. The van der Waals surface area contributed by atoms with Crippen LogP contribution in [0.25, 0.3) is 0 Å². The molecule has 0 bridgehead atoms. The molecular formula is C16H13Br2FN2O3. The van der Waals surface area contributed by atoms with Crippen LogP contribution in [0.3, 0.4) is 0 Å². The van der Waals surface area contributed by atoms with Crippen molar-refractivity contribution < 1.29 is 18.7 Å². The first-order valence-electron chi connectivity index (χ1n) is 6.73. The van der Waals surface area contributed by atoms with E-state index in [9.17, 15) is 9.18 Å². The van der Waals surface area contributed by atoms with Crippen LogP contribution in [0, 0.1) is 5.82 Å². The van der Waals surface area contributed by atoms with Crippen LogP contribution in [0.4, 0.5) is 4.39 Å². The van der Waals surface area contributed by atoms with Gasteiger partial charge in [-0.15, -0.1) is 0 Å². The molecule has 0 saturated carbocycles. The number of hydrogen-bond donors (Lipinski definition) is 1. The average Bonchev–Trinajstić information content (AvgIpc) is 2.55. The zero-order valence-electron chi connectivity index (χ0n) is 12.6. The second-order valence-corrected chi connectivity index (χ2v) is 6.29. The summed E-state index contributed by atoms with van der Waals surface area (Å²) < 4.78 is 25.5. The van der Waals surface area contributed by atoms with E-state index in [1.807, 2.05) is 0 Å². The third kappa shape index (κ3) is 5.04. The maximum atomic E-state index is 13.4. The zero-order valence-corrected chi connectivity index (χ0v) is 15.7. The molecule has 1 N–H and O–H groups in total. The monoisotopic (exact) mass is 458 g/mol. The average molecular weight is 460 g/mol. The van der Waals surface area contributed by atoms with E-state index < -0.39 is 11.7 Å². The van der Waals surface area contributed by atoms with Gasteiger partial charge in [0.05, 0.1) is 17.8 Å². The first-order valence-corrected chi connectivity index (χ1v) is 8.32. The molecule has 2 aromatic rings. The minimum atomic E-state index is -0.487. The smallest absolute Gasteiger partial charge is 0.277 e. The number of ether oxygens (including phenoxy) is 2. The molecule has 0 aliphatic carbocycles. The highest BCUT2D eigenvalue weighted by molar-refractivity contribution is 9.11. The van der Waals surface area contributed by atoms with E-state index in [-0.39, 0.29) is 12.2 Å². The van der Waals surface area contributed by atoms with Crippen LogP contribution < -0.4 is 14.9 Å². The van der Waals surface area contributed by atoms with Crippen molar-refractivity contribution in [3.05, 3.63) is 56.7 Å². The van der Waals surface area contributed by atoms with E-state index in [2.05, 4.69) is 42.4 Å². The molecule has 0 aliphatic heterocycles. The number of halogens is 3. The highest BCUT2D eigenvalue weighted by Gasteiger charge is 2.12. The first-order chi connectivity index (χ1) is 11.5. The fourth-order valence-electron chi connectivity index (χ4n) is 1.75. The van der Waals surface area contributed by atoms with Gasteiger partial charge in [-0.05, 0) is 34.1 Å². The molecule has 8 heteroatoms. The molecule has 0 aliphatic rings. The van der Waals surface area contributed by atoms with Crippen LogP contribution in [0.15, 0.2) is 50.4 Å². The van der Waals surface area contributed by atoms with Crippen molar-refractivity contribution in [1.82, 2.24) is 5.43 Å². The SMILES string of the molecule is COc1cc(Br)cc(Br)c1OCC(=O)N/N=C\c1ccccc1F. The molecule has 0 atom stereocenters. The third-order valence-corrected chi connectivity index (χ3v) is 3.89. The minimum absolute atomic E-state index is 0.273. The van der Waals surface area contributed by atoms with Crippen LogP contribution >= 0.6 is 31.9 Å². The summed E-state index contributed by atoms with van der Waals surface area (Å²) in [6, 6.07) is 9.59. The van der Waals surface area contributed by atoms with E-state index in [4.69, 9.17) is 9.47 Å². The summed E-state index contributed by atoms with van der Waals surface area (Å²) in [6.45, 7) is -0.273. The van der Waals surface area contributed by atoms with E-state index in [1.54, 1.807) is 30.3 Å². The normalized spacial score (nSPS) is 10.7. The van der Waals surface area contributed by atoms with Crippen LogP contribution in [0.1, 0.15) is 5.56 Å². The molecule has 0 saturated heterocycles. The summed E-state index contributed by atoms with van der Waals surface area (Å²) in [5.41, 5.74) is 2.54. The standard InChI is InChI=1S/C16H13Br2FN2O3/c1-23-14-7-11(17)6-12(18)16(14)24-9-15(22)21-20-8-10-4-2-3-5-13(10)19/h2-8H,9H2,1H3,(H,21,22)/b20-8-. The Hall–Kier alpha value is -1.93. The predicted octanol–water partition coefficient (Wildman–Crippen LogP) is 3.89. The van der Waals surface area contributed by atoms with Crippen molar-refractivity contribution in [2.45, 2.75) is 0 Å². The quantitative estimate of drug-likeness (QED) is 0.526. The molecule has 0 unspecified atom stereocenters. The molecular weight excluding hydrogens is 447 g/mol. The number of amides is 1. The molecule has 1 amide bonds. The Kier molecular flexibility index (Phi) is 6.74. The number of carbonyl (C=O) groups is 1. The Labute approximate surface area is 155 Å². The second kappa shape index (κ2) is 8.79. The summed E-state index contributed by atoms with van der Waals surface area (Å²) in [4.78, 5) is 11.8. The van der Waals surface area contributed by atoms with Crippen molar-refractivity contribution in [2.24, 2.45) is 5.10 Å². The van der Waals surface area contributed by atoms with Crippen molar-refractivity contribution in [3.63, 3.8) is 0 Å². The number of rotatable bonds is 6. The number of benzene rings is 2. The van der Waals surface area contributed by atoms with Gasteiger partial charge in [0.25, 0.3) is 5.91 Å². The molecule has 5 nitrogen and oxygen atoms in total. The van der Waals surface area contributed by atoms with Crippen LogP contribution in [-0.4, -0.2) is 25.8 Å². The summed E-state index contributed by atoms with van der Waals surface area (Å²) in [5.74, 6) is -0.0393. The van der Waals surface area contributed by atoms with Crippen LogP contribution in [0.2, 0.25) is 0 Å². The largest absolute Gasteiger partial charge is 0.493 e. The first kappa shape index (κ1) is 18.4. The third-order valence-electron chi connectivity index (χ3n) is 2.84. The van der Waals surface area contributed by atoms with Crippen molar-refractivity contribution >= 4 is 44.0 Å². The predicted molar refractivity (Wildman–Crippen MR) is 96.0 cm³/mol. The molecule has 0 aromatic heterocycles. The lowest BCUT2D eigenvalue weighted by Crippen LogP contribution is -2.24. The lowest BCUT2D eigenvalue weighted by molar-refractivity contribution is -0.123. The van der Waals surface area contributed by atoms with Gasteiger partial charge in [-0.25, -0.2) is 9.82 Å². The molecule has 24 heavy (non-hydrogen) atoms. The van der Waals surface area contributed by atoms with Gasteiger partial charge in [0.15, 0.2) is 18.1 Å². The van der Waals surface area contributed by atoms with Crippen molar-refractivity contribution in [2.75, 3.05) is 13.7 Å². The van der Waals surface area contributed by atoms with Gasteiger partial charge in [-0.1, -0.05) is 34.1 Å². The Morgan fingerprint density at radius 2 is 2.08 bits per heavy atom. The van der Waals surface area contributed by atoms with Gasteiger partial charge in [-0.3, -0.25) is 4.79 Å². The molecule has 0 heterocycles. The molecule has 2 aromatic carbocycles. The van der Waals surface area contributed by atoms with Gasteiger partial charge in [0, 0.05) is 10.0 Å². The molecule has 2 rings (SSSR count). The fraction of sp³-hybridized carbons (Fsp3) is 0.125. The van der Waals surface area contributed by atoms with Crippen molar-refractivity contribution in [3.8, 4) is 11.5 Å². The Morgan fingerprint density at radius 1 is 1.33 bits per heavy atom. The summed E-state index contributed by atoms with van der Waals surface area (Å²) in [5, 5.41) is 3.70. The lowest BCUT2D eigenvalue weighted by atomic mass is 10.2. The molecule has 0 fully saturated rings. The minimum Gasteiger partial charge on any atom is -0.493 e. The van der Waals surface area contributed by atoms with E-state index >= 15 is 0 Å². The Balaban J connectivity index is 1.93. The lowest BCUT2D eigenvalue weighted by Gasteiger charge is -2.12. The summed E-state index contributed by atoms with van der Waals surface area (Å²) in [7, 11) is 1.50. The highest BCUT2D eigenvalue weighted by atomic mass is 79.9. The number of carbonyl (C=O) groups excluding carboxylic acids is 1. The Morgan fingerprint density at radius 3 is 2.79 bits per heavy atom. The van der Waals surface area contributed by atoms with E-state index in [0.29, 0.717) is 16.0 Å². The molecule has 0 radical (unpaired) electrons. The topological polar surface area (TPSA) is 59.9 Å². The van der Waals surface area contributed by atoms with Gasteiger partial charge < -0.3 is 9.47 Å². The van der Waals surface area contributed by atoms with Crippen LogP contribution in [0.5, 0.6) is 11.5 Å². The van der Waals surface area contributed by atoms with Gasteiger partial charge in [0.1, 0.15) is 5.82 Å². The van der Waals surface area contributed by atoms with Gasteiger partial charge >= 0.3 is 0 Å². The number of nitrogens with zero attached hydrogens (tertiary/aromatic N) is 1. The summed E-state index contributed by atoms with van der Waals surface area (Å²) in [6.07, 6.45) is 1.23. The highest BCUT2D eigenvalue weighted by Crippen LogP contribution is 2.38. The van der Waals surface area contributed by atoms with E-state index in [0.717, 1.165) is 4.47 Å². The van der Waals surface area contributed by atoms with Gasteiger partial charge in [-0.2, -0.15) is 5.10 Å². The second-order valence-electron chi connectivity index (χ2n) is 4.52. The molecule has 0 spiro atoms. The molecule has 126 valence electrons. The van der Waals surface area contributed by atoms with Gasteiger partial charge in [0.2, 0.25) is 0 Å². The maximum Gasteiger partial charge on any atom is 0.277 e. The zero-order chi connectivity index (χ0) is 17.5. The fourth-order valence-corrected chi connectivity index (χ4v) is 3.05. The summed E-state index contributed by atoms with van der Waals surface area (Å²) >= 11 is 6.68. The number of nitrogens with one attached hydrogen (secondary N) is 1. The van der Waals surface area contributed by atoms with Crippen LogP contribution in [-0.2, 0) is 4.79 Å². The van der Waals surface area contributed by atoms with E-state index in [1.165, 1.54) is 19.4 Å². The number of hydrazone groups is 1. The maximum absolute atomic E-state index is 13.4. The number of methoxy groups -OCH3 is 1. The van der Waals surface area contributed by atoms with Crippen molar-refractivity contribution in [1.29, 1.82) is 0 Å².